The number of amides is 3. The number of hydrogen-bond acceptors (Lipinski definition) is 5. The molecule has 0 saturated carbocycles. The van der Waals surface area contributed by atoms with E-state index in [1.165, 1.54) is 7.05 Å². The minimum absolute atomic E-state index is 0.106. The van der Waals surface area contributed by atoms with Gasteiger partial charge in [-0.2, -0.15) is 0 Å². The zero-order chi connectivity index (χ0) is 18.4. The molecule has 1 atom stereocenters. The lowest BCUT2D eigenvalue weighted by Crippen LogP contribution is -2.53. The Hall–Kier alpha value is -2.41. The van der Waals surface area contributed by atoms with Crippen LogP contribution in [0.5, 0.6) is 0 Å². The first kappa shape index (κ1) is 17.0. The Morgan fingerprint density at radius 3 is 2.46 bits per heavy atom. The highest BCUT2D eigenvalue weighted by atomic mass is 16.2. The Labute approximate surface area is 153 Å². The monoisotopic (exact) mass is 356 g/mol. The number of likely N-dealkylation sites (tertiary alicyclic amines) is 1. The number of rotatable bonds is 2. The fraction of sp³-hybridized carbons (Fsp3) is 0.526. The van der Waals surface area contributed by atoms with Crippen LogP contribution < -0.4 is 4.90 Å². The molecule has 0 bridgehead atoms. The minimum atomic E-state index is -0.537. The number of fused-ring (bicyclic) bond motifs is 1. The summed E-state index contributed by atoms with van der Waals surface area (Å²) in [5, 5.41) is 0. The third-order valence-electron chi connectivity index (χ3n) is 5.79. The van der Waals surface area contributed by atoms with Crippen molar-refractivity contribution in [3.8, 4) is 0 Å². The molecule has 0 aliphatic carbocycles. The first-order valence-corrected chi connectivity index (χ1v) is 9.13. The van der Waals surface area contributed by atoms with E-state index in [0.29, 0.717) is 24.9 Å². The second-order valence-electron chi connectivity index (χ2n) is 7.41. The molecule has 3 heterocycles. The predicted molar refractivity (Wildman–Crippen MR) is 96.8 cm³/mol. The topological polar surface area (TPSA) is 64.2 Å². The maximum absolute atomic E-state index is 12.8. The molecule has 7 heteroatoms. The van der Waals surface area contributed by atoms with Crippen molar-refractivity contribution in [1.29, 1.82) is 0 Å². The molecule has 1 aromatic carbocycles. The predicted octanol–water partition coefficient (Wildman–Crippen LogP) is 0.542. The van der Waals surface area contributed by atoms with E-state index in [2.05, 4.69) is 22.9 Å². The summed E-state index contributed by atoms with van der Waals surface area (Å²) in [5.41, 5.74) is 2.78. The zero-order valence-corrected chi connectivity index (χ0v) is 15.3. The van der Waals surface area contributed by atoms with E-state index in [0.717, 1.165) is 42.3 Å². The van der Waals surface area contributed by atoms with Gasteiger partial charge in [0.15, 0.2) is 0 Å². The summed E-state index contributed by atoms with van der Waals surface area (Å²) < 4.78 is 0. The highest BCUT2D eigenvalue weighted by molar-refractivity contribution is 6.05. The van der Waals surface area contributed by atoms with E-state index in [9.17, 15) is 14.4 Å². The summed E-state index contributed by atoms with van der Waals surface area (Å²) in [6, 6.07) is 5.43. The minimum Gasteiger partial charge on any atom is -0.369 e. The molecular formula is C19H24N4O3. The van der Waals surface area contributed by atoms with E-state index in [1.54, 1.807) is 4.90 Å². The van der Waals surface area contributed by atoms with Gasteiger partial charge in [-0.05, 0) is 37.2 Å². The van der Waals surface area contributed by atoms with E-state index in [4.69, 9.17) is 0 Å². The molecule has 138 valence electrons. The molecule has 4 rings (SSSR count). The summed E-state index contributed by atoms with van der Waals surface area (Å²) in [6.45, 7) is 4.44. The number of imide groups is 1. The van der Waals surface area contributed by atoms with Crippen LogP contribution in [0.4, 0.5) is 5.69 Å². The molecule has 3 aliphatic heterocycles. The number of nitrogens with zero attached hydrogens (tertiary/aromatic N) is 4. The lowest BCUT2D eigenvalue weighted by Gasteiger charge is -2.34. The standard InChI is InChI=1S/C19H24N4O3/c1-20-7-9-22(10-8-20)14-3-4-15-13(11-14)12-23(18(15)25)16-5-6-17(24)21(2)19(16)26/h3-4,11,16H,5-10,12H2,1-2H3. The van der Waals surface area contributed by atoms with Gasteiger partial charge in [0.2, 0.25) is 5.91 Å². The van der Waals surface area contributed by atoms with Crippen LogP contribution >= 0.6 is 0 Å². The van der Waals surface area contributed by atoms with Gasteiger partial charge >= 0.3 is 0 Å². The van der Waals surface area contributed by atoms with Crippen LogP contribution in [-0.4, -0.2) is 78.7 Å². The van der Waals surface area contributed by atoms with Crippen LogP contribution in [0.15, 0.2) is 18.2 Å². The largest absolute Gasteiger partial charge is 0.369 e. The van der Waals surface area contributed by atoms with E-state index in [1.807, 2.05) is 12.1 Å². The molecular weight excluding hydrogens is 332 g/mol. The van der Waals surface area contributed by atoms with Crippen molar-refractivity contribution in [1.82, 2.24) is 14.7 Å². The van der Waals surface area contributed by atoms with Gasteiger partial charge in [-0.25, -0.2) is 0 Å². The third kappa shape index (κ3) is 2.76. The van der Waals surface area contributed by atoms with Crippen molar-refractivity contribution in [2.75, 3.05) is 45.2 Å². The highest BCUT2D eigenvalue weighted by Gasteiger charge is 2.41. The molecule has 7 nitrogen and oxygen atoms in total. The Bertz CT molecular complexity index is 770. The smallest absolute Gasteiger partial charge is 0.255 e. The van der Waals surface area contributed by atoms with Crippen LogP contribution in [0.3, 0.4) is 0 Å². The molecule has 1 aromatic rings. The Morgan fingerprint density at radius 2 is 1.73 bits per heavy atom. The molecule has 3 aliphatic rings. The number of likely N-dealkylation sites (N-methyl/N-ethyl adjacent to an activating group) is 2. The SMILES string of the molecule is CN1CCN(c2ccc3c(c2)CN(C2CCC(=O)N(C)C2=O)C3=O)CC1. The lowest BCUT2D eigenvalue weighted by atomic mass is 10.0. The summed E-state index contributed by atoms with van der Waals surface area (Å²) in [5.74, 6) is -0.555. The molecule has 26 heavy (non-hydrogen) atoms. The van der Waals surface area contributed by atoms with Gasteiger partial charge in [0.25, 0.3) is 11.8 Å². The Balaban J connectivity index is 1.54. The van der Waals surface area contributed by atoms with Crippen LogP contribution in [0, 0.1) is 0 Å². The number of carbonyl (C=O) groups excluding carboxylic acids is 3. The van der Waals surface area contributed by atoms with Crippen molar-refractivity contribution in [3.05, 3.63) is 29.3 Å². The molecule has 3 amide bonds. The van der Waals surface area contributed by atoms with Crippen molar-refractivity contribution in [2.24, 2.45) is 0 Å². The number of benzene rings is 1. The molecule has 2 saturated heterocycles. The second-order valence-corrected chi connectivity index (χ2v) is 7.41. The van der Waals surface area contributed by atoms with Crippen LogP contribution in [0.1, 0.15) is 28.8 Å². The quantitative estimate of drug-likeness (QED) is 0.724. The number of carbonyl (C=O) groups is 3. The van der Waals surface area contributed by atoms with Gasteiger partial charge in [-0.1, -0.05) is 0 Å². The van der Waals surface area contributed by atoms with Crippen molar-refractivity contribution in [2.45, 2.75) is 25.4 Å². The van der Waals surface area contributed by atoms with Gasteiger partial charge in [0.05, 0.1) is 0 Å². The van der Waals surface area contributed by atoms with Gasteiger partial charge < -0.3 is 14.7 Å². The molecule has 1 unspecified atom stereocenters. The average molecular weight is 356 g/mol. The summed E-state index contributed by atoms with van der Waals surface area (Å²) in [6.07, 6.45) is 0.715. The first-order chi connectivity index (χ1) is 12.5. The fourth-order valence-electron chi connectivity index (χ4n) is 4.03. The number of hydrogen-bond donors (Lipinski definition) is 0. The molecule has 2 fully saturated rings. The molecule has 0 aromatic heterocycles. The summed E-state index contributed by atoms with van der Waals surface area (Å²) in [4.78, 5) is 44.4. The van der Waals surface area contributed by atoms with E-state index < -0.39 is 6.04 Å². The zero-order valence-electron chi connectivity index (χ0n) is 15.3. The maximum Gasteiger partial charge on any atom is 0.255 e. The fourth-order valence-corrected chi connectivity index (χ4v) is 4.03. The average Bonchev–Trinajstić information content (AvgIpc) is 2.96. The van der Waals surface area contributed by atoms with Crippen molar-refractivity contribution in [3.63, 3.8) is 0 Å². The Morgan fingerprint density at radius 1 is 1.00 bits per heavy atom. The summed E-state index contributed by atoms with van der Waals surface area (Å²) >= 11 is 0. The van der Waals surface area contributed by atoms with E-state index >= 15 is 0 Å². The van der Waals surface area contributed by atoms with Gasteiger partial charge in [-0.15, -0.1) is 0 Å². The van der Waals surface area contributed by atoms with Crippen molar-refractivity contribution < 1.29 is 14.4 Å². The van der Waals surface area contributed by atoms with Gasteiger partial charge in [0, 0.05) is 57.4 Å². The van der Waals surface area contributed by atoms with Crippen LogP contribution in [-0.2, 0) is 16.1 Å². The second kappa shape index (κ2) is 6.39. The van der Waals surface area contributed by atoms with Gasteiger partial charge in [-0.3, -0.25) is 19.3 Å². The normalized spacial score (nSPS) is 24.5. The molecule has 0 N–H and O–H groups in total. The van der Waals surface area contributed by atoms with Gasteiger partial charge in [0.1, 0.15) is 6.04 Å². The van der Waals surface area contributed by atoms with Crippen LogP contribution in [0.25, 0.3) is 0 Å². The summed E-state index contributed by atoms with van der Waals surface area (Å²) in [7, 11) is 3.62. The molecule has 0 radical (unpaired) electrons. The first-order valence-electron chi connectivity index (χ1n) is 9.13. The maximum atomic E-state index is 12.8. The number of anilines is 1. The molecule has 0 spiro atoms. The van der Waals surface area contributed by atoms with Crippen LogP contribution in [0.2, 0.25) is 0 Å². The number of piperazine rings is 1. The Kier molecular flexibility index (Phi) is 4.19. The van der Waals surface area contributed by atoms with E-state index in [-0.39, 0.29) is 17.7 Å². The highest BCUT2D eigenvalue weighted by Crippen LogP contribution is 2.31. The third-order valence-corrected chi connectivity index (χ3v) is 5.79. The lowest BCUT2D eigenvalue weighted by molar-refractivity contribution is -0.150. The number of piperidine rings is 1. The van der Waals surface area contributed by atoms with Crippen molar-refractivity contribution >= 4 is 23.4 Å².